The van der Waals surface area contributed by atoms with Gasteiger partial charge in [0.15, 0.2) is 0 Å². The van der Waals surface area contributed by atoms with E-state index >= 15 is 0 Å². The van der Waals surface area contributed by atoms with Gasteiger partial charge in [0.05, 0.1) is 11.3 Å². The SMILES string of the molecule is CC(C)(C)C(C(=O)OO)C(C)(C(=O)OO)C(C)(C)C. The summed E-state index contributed by atoms with van der Waals surface area (Å²) in [5, 5.41) is 17.4. The fourth-order valence-electron chi connectivity index (χ4n) is 2.46. The molecule has 0 rings (SSSR count). The van der Waals surface area contributed by atoms with Crippen LogP contribution in [-0.2, 0) is 19.4 Å². The van der Waals surface area contributed by atoms with Crippen molar-refractivity contribution in [2.24, 2.45) is 22.2 Å². The van der Waals surface area contributed by atoms with Gasteiger partial charge in [0.25, 0.3) is 0 Å². The van der Waals surface area contributed by atoms with E-state index in [0.29, 0.717) is 0 Å². The van der Waals surface area contributed by atoms with Gasteiger partial charge in [0, 0.05) is 0 Å². The molecular formula is C13H24O6. The fourth-order valence-corrected chi connectivity index (χ4v) is 2.46. The monoisotopic (exact) mass is 276 g/mol. The zero-order valence-electron chi connectivity index (χ0n) is 12.6. The Bertz CT molecular complexity index is 349. The number of hydrogen-bond donors (Lipinski definition) is 2. The van der Waals surface area contributed by atoms with E-state index in [0.717, 1.165) is 0 Å². The Balaban J connectivity index is 6.08. The molecule has 0 amide bonds. The number of rotatable bonds is 3. The third-order valence-corrected chi connectivity index (χ3v) is 3.83. The maximum absolute atomic E-state index is 12.0. The van der Waals surface area contributed by atoms with Gasteiger partial charge >= 0.3 is 11.9 Å². The summed E-state index contributed by atoms with van der Waals surface area (Å²) in [5.41, 5.74) is -2.77. The molecule has 0 heterocycles. The third kappa shape index (κ3) is 3.25. The van der Waals surface area contributed by atoms with Gasteiger partial charge in [-0.15, -0.1) is 0 Å². The van der Waals surface area contributed by atoms with E-state index in [1.165, 1.54) is 6.92 Å². The molecule has 0 saturated heterocycles. The molecule has 19 heavy (non-hydrogen) atoms. The van der Waals surface area contributed by atoms with Crippen LogP contribution in [0.4, 0.5) is 0 Å². The molecule has 0 aromatic rings. The van der Waals surface area contributed by atoms with Crippen molar-refractivity contribution in [3.8, 4) is 0 Å². The highest BCUT2D eigenvalue weighted by atomic mass is 17.1. The van der Waals surface area contributed by atoms with E-state index < -0.39 is 34.1 Å². The summed E-state index contributed by atoms with van der Waals surface area (Å²) in [7, 11) is 0. The Hall–Kier alpha value is -1.14. The van der Waals surface area contributed by atoms with E-state index in [2.05, 4.69) is 9.78 Å². The summed E-state index contributed by atoms with van der Waals surface area (Å²) in [6, 6.07) is 0. The quantitative estimate of drug-likeness (QED) is 0.608. The summed E-state index contributed by atoms with van der Waals surface area (Å²) in [6.07, 6.45) is 0. The van der Waals surface area contributed by atoms with Crippen LogP contribution in [0, 0.1) is 22.2 Å². The molecule has 0 spiro atoms. The lowest BCUT2D eigenvalue weighted by Crippen LogP contribution is -2.54. The van der Waals surface area contributed by atoms with Crippen LogP contribution in [0.5, 0.6) is 0 Å². The van der Waals surface area contributed by atoms with Gasteiger partial charge in [0.2, 0.25) is 0 Å². The van der Waals surface area contributed by atoms with Crippen LogP contribution in [0.2, 0.25) is 0 Å². The van der Waals surface area contributed by atoms with E-state index in [1.54, 1.807) is 41.5 Å². The van der Waals surface area contributed by atoms with E-state index in [1.807, 2.05) is 0 Å². The van der Waals surface area contributed by atoms with Gasteiger partial charge in [-0.05, 0) is 17.8 Å². The van der Waals surface area contributed by atoms with Crippen LogP contribution in [0.25, 0.3) is 0 Å². The molecule has 0 saturated carbocycles. The van der Waals surface area contributed by atoms with E-state index in [9.17, 15) is 9.59 Å². The first-order valence-electron chi connectivity index (χ1n) is 6.05. The molecule has 0 aromatic heterocycles. The second kappa shape index (κ2) is 5.46. The summed E-state index contributed by atoms with van der Waals surface area (Å²) in [4.78, 5) is 31.7. The van der Waals surface area contributed by atoms with Crippen molar-refractivity contribution in [3.05, 3.63) is 0 Å². The van der Waals surface area contributed by atoms with Gasteiger partial charge in [-0.1, -0.05) is 41.5 Å². The lowest BCUT2D eigenvalue weighted by atomic mass is 9.54. The normalized spacial score (nSPS) is 17.3. The second-order valence-corrected chi connectivity index (χ2v) is 7.04. The Morgan fingerprint density at radius 1 is 0.895 bits per heavy atom. The lowest BCUT2D eigenvalue weighted by molar-refractivity contribution is -0.268. The molecular weight excluding hydrogens is 252 g/mol. The van der Waals surface area contributed by atoms with Crippen LogP contribution in [0.15, 0.2) is 0 Å². The Morgan fingerprint density at radius 2 is 1.32 bits per heavy atom. The highest BCUT2D eigenvalue weighted by molar-refractivity contribution is 5.85. The molecule has 0 aromatic carbocycles. The van der Waals surface area contributed by atoms with Crippen molar-refractivity contribution in [1.29, 1.82) is 0 Å². The smallest absolute Gasteiger partial charge is 0.301 e. The van der Waals surface area contributed by atoms with Crippen molar-refractivity contribution >= 4 is 11.9 Å². The van der Waals surface area contributed by atoms with Crippen LogP contribution >= 0.6 is 0 Å². The van der Waals surface area contributed by atoms with Crippen molar-refractivity contribution < 1.29 is 29.9 Å². The van der Waals surface area contributed by atoms with E-state index in [-0.39, 0.29) is 0 Å². The average Bonchev–Trinajstić information content (AvgIpc) is 2.23. The van der Waals surface area contributed by atoms with Gasteiger partial charge in [-0.25, -0.2) is 9.59 Å². The van der Waals surface area contributed by atoms with Crippen LogP contribution in [-0.4, -0.2) is 22.5 Å². The first kappa shape index (κ1) is 17.9. The Kier molecular flexibility index (Phi) is 5.14. The highest BCUT2D eigenvalue weighted by Crippen LogP contribution is 2.52. The summed E-state index contributed by atoms with van der Waals surface area (Å²) < 4.78 is 0. The first-order chi connectivity index (χ1) is 8.33. The number of carbonyl (C=O) groups excluding carboxylic acids is 2. The highest BCUT2D eigenvalue weighted by Gasteiger charge is 2.59. The number of hydrogen-bond acceptors (Lipinski definition) is 6. The predicted octanol–water partition coefficient (Wildman–Crippen LogP) is 2.73. The molecule has 2 atom stereocenters. The summed E-state index contributed by atoms with van der Waals surface area (Å²) in [6.45, 7) is 12.0. The van der Waals surface area contributed by atoms with Gasteiger partial charge < -0.3 is 9.78 Å². The zero-order valence-corrected chi connectivity index (χ0v) is 12.6. The lowest BCUT2D eigenvalue weighted by Gasteiger charge is -2.47. The largest absolute Gasteiger partial charge is 0.349 e. The Morgan fingerprint density at radius 3 is 1.53 bits per heavy atom. The molecule has 0 aliphatic heterocycles. The molecule has 6 nitrogen and oxygen atoms in total. The molecule has 0 aliphatic rings. The fraction of sp³-hybridized carbons (Fsp3) is 0.846. The van der Waals surface area contributed by atoms with Crippen molar-refractivity contribution in [3.63, 3.8) is 0 Å². The van der Waals surface area contributed by atoms with Crippen molar-refractivity contribution in [1.82, 2.24) is 0 Å². The molecule has 6 heteroatoms. The molecule has 0 aliphatic carbocycles. The maximum atomic E-state index is 12.0. The predicted molar refractivity (Wildman–Crippen MR) is 67.9 cm³/mol. The topological polar surface area (TPSA) is 93.1 Å². The van der Waals surface area contributed by atoms with Gasteiger partial charge in [0.1, 0.15) is 0 Å². The summed E-state index contributed by atoms with van der Waals surface area (Å²) in [5.74, 6) is -2.87. The molecule has 0 fully saturated rings. The summed E-state index contributed by atoms with van der Waals surface area (Å²) >= 11 is 0. The molecule has 0 radical (unpaired) electrons. The van der Waals surface area contributed by atoms with Crippen molar-refractivity contribution in [2.75, 3.05) is 0 Å². The second-order valence-electron chi connectivity index (χ2n) is 7.04. The Labute approximate surface area is 113 Å². The molecule has 0 bridgehead atoms. The van der Waals surface area contributed by atoms with Crippen LogP contribution in [0.3, 0.4) is 0 Å². The van der Waals surface area contributed by atoms with Gasteiger partial charge in [-0.3, -0.25) is 0 Å². The first-order valence-corrected chi connectivity index (χ1v) is 6.05. The minimum atomic E-state index is -1.38. The average molecular weight is 276 g/mol. The molecule has 2 unspecified atom stereocenters. The maximum Gasteiger partial charge on any atom is 0.349 e. The van der Waals surface area contributed by atoms with Gasteiger partial charge in [-0.2, -0.15) is 10.5 Å². The minimum absolute atomic E-state index is 0.684. The minimum Gasteiger partial charge on any atom is -0.301 e. The third-order valence-electron chi connectivity index (χ3n) is 3.83. The van der Waals surface area contributed by atoms with Crippen molar-refractivity contribution in [2.45, 2.75) is 48.5 Å². The van der Waals surface area contributed by atoms with Crippen LogP contribution < -0.4 is 0 Å². The zero-order chi connectivity index (χ0) is 15.6. The molecule has 2 N–H and O–H groups in total. The van der Waals surface area contributed by atoms with E-state index in [4.69, 9.17) is 10.5 Å². The standard InChI is InChI=1S/C13H24O6/c1-11(2,3)8(9(14)18-16)13(7,10(15)19-17)12(4,5)6/h8,16-17H,1-7H3. The van der Waals surface area contributed by atoms with Crippen LogP contribution in [0.1, 0.15) is 48.5 Å². The molecule has 112 valence electrons. The number of carbonyl (C=O) groups is 2.